The molecule has 3 nitrogen and oxygen atoms in total. The normalized spacial score (nSPS) is 10.8. The fourth-order valence-corrected chi connectivity index (χ4v) is 2.74. The van der Waals surface area contributed by atoms with E-state index in [2.05, 4.69) is 34.2 Å². The molecule has 0 saturated heterocycles. The number of H-pyrrole nitrogens is 1. The summed E-state index contributed by atoms with van der Waals surface area (Å²) in [6, 6.07) is 24.1. The molecule has 0 aliphatic rings. The molecule has 4 aromatic rings. The van der Waals surface area contributed by atoms with E-state index < -0.39 is 0 Å². The van der Waals surface area contributed by atoms with Crippen LogP contribution in [-0.4, -0.2) is 16.3 Å². The molecule has 3 aromatic carbocycles. The van der Waals surface area contributed by atoms with Crippen LogP contribution in [0.5, 0.6) is 0 Å². The van der Waals surface area contributed by atoms with E-state index in [1.807, 2.05) is 42.5 Å². The maximum Gasteiger partial charge on any atom is 0.152 e. The second-order valence-electron chi connectivity index (χ2n) is 5.39. The van der Waals surface area contributed by atoms with Crippen molar-refractivity contribution >= 4 is 17.3 Å². The van der Waals surface area contributed by atoms with Crippen LogP contribution >= 0.6 is 0 Å². The smallest absolute Gasteiger partial charge is 0.152 e. The number of aromatic amines is 1. The molecule has 1 N–H and O–H groups in total. The standard InChI is InChI=1S/C20H14N2O/c23-13-17-7-4-8-18-19(17)22-20(21-18)16-11-9-15(10-12-16)14-5-2-1-3-6-14/h1-13H,(H,21,22). The van der Waals surface area contributed by atoms with Gasteiger partial charge in [0.1, 0.15) is 5.82 Å². The van der Waals surface area contributed by atoms with Crippen molar-refractivity contribution < 1.29 is 4.79 Å². The second-order valence-corrected chi connectivity index (χ2v) is 5.39. The highest BCUT2D eigenvalue weighted by molar-refractivity contribution is 5.95. The Morgan fingerprint density at radius 2 is 1.43 bits per heavy atom. The third-order valence-electron chi connectivity index (χ3n) is 3.94. The number of fused-ring (bicyclic) bond motifs is 1. The maximum atomic E-state index is 11.1. The zero-order valence-corrected chi connectivity index (χ0v) is 12.4. The molecule has 0 atom stereocenters. The Bertz CT molecular complexity index is 970. The second kappa shape index (κ2) is 5.54. The molecule has 23 heavy (non-hydrogen) atoms. The summed E-state index contributed by atoms with van der Waals surface area (Å²) in [5.41, 5.74) is 5.54. The number of para-hydroxylation sites is 1. The Kier molecular flexibility index (Phi) is 3.24. The van der Waals surface area contributed by atoms with Gasteiger partial charge in [0.05, 0.1) is 11.0 Å². The SMILES string of the molecule is O=Cc1cccc2[nH]c(-c3ccc(-c4ccccc4)cc3)nc12. The predicted molar refractivity (Wildman–Crippen MR) is 92.4 cm³/mol. The van der Waals surface area contributed by atoms with E-state index in [4.69, 9.17) is 0 Å². The third-order valence-corrected chi connectivity index (χ3v) is 3.94. The van der Waals surface area contributed by atoms with Crippen LogP contribution < -0.4 is 0 Å². The van der Waals surface area contributed by atoms with E-state index in [1.54, 1.807) is 6.07 Å². The van der Waals surface area contributed by atoms with Crippen molar-refractivity contribution in [2.45, 2.75) is 0 Å². The van der Waals surface area contributed by atoms with Crippen molar-refractivity contribution in [1.29, 1.82) is 0 Å². The lowest BCUT2D eigenvalue weighted by molar-refractivity contribution is 0.112. The summed E-state index contributed by atoms with van der Waals surface area (Å²) in [6.07, 6.45) is 0.839. The highest BCUT2D eigenvalue weighted by atomic mass is 16.1. The van der Waals surface area contributed by atoms with Crippen LogP contribution in [-0.2, 0) is 0 Å². The van der Waals surface area contributed by atoms with Gasteiger partial charge >= 0.3 is 0 Å². The Labute approximate surface area is 133 Å². The van der Waals surface area contributed by atoms with Gasteiger partial charge in [-0.2, -0.15) is 0 Å². The summed E-state index contributed by atoms with van der Waals surface area (Å²) in [4.78, 5) is 19.0. The molecule has 110 valence electrons. The average molecular weight is 298 g/mol. The van der Waals surface area contributed by atoms with Crippen molar-refractivity contribution in [3.8, 4) is 22.5 Å². The largest absolute Gasteiger partial charge is 0.338 e. The zero-order chi connectivity index (χ0) is 15.6. The van der Waals surface area contributed by atoms with Crippen molar-refractivity contribution in [2.24, 2.45) is 0 Å². The van der Waals surface area contributed by atoms with Crippen LogP contribution in [0.4, 0.5) is 0 Å². The first-order valence-electron chi connectivity index (χ1n) is 7.45. The average Bonchev–Trinajstić information content (AvgIpc) is 3.07. The lowest BCUT2D eigenvalue weighted by Crippen LogP contribution is -1.83. The minimum absolute atomic E-state index is 0.603. The molecule has 1 heterocycles. The van der Waals surface area contributed by atoms with Crippen LogP contribution in [0.3, 0.4) is 0 Å². The van der Waals surface area contributed by atoms with Gasteiger partial charge in [0, 0.05) is 11.1 Å². The number of carbonyl (C=O) groups excluding carboxylic acids is 1. The molecule has 0 fully saturated rings. The summed E-state index contributed by atoms with van der Waals surface area (Å²) in [7, 11) is 0. The van der Waals surface area contributed by atoms with E-state index >= 15 is 0 Å². The Balaban J connectivity index is 1.75. The van der Waals surface area contributed by atoms with E-state index in [9.17, 15) is 4.79 Å². The summed E-state index contributed by atoms with van der Waals surface area (Å²) < 4.78 is 0. The van der Waals surface area contributed by atoms with E-state index in [0.717, 1.165) is 23.2 Å². The molecule has 0 bridgehead atoms. The quantitative estimate of drug-likeness (QED) is 0.557. The van der Waals surface area contributed by atoms with Crippen LogP contribution in [0.1, 0.15) is 10.4 Å². The van der Waals surface area contributed by atoms with Crippen LogP contribution in [0.25, 0.3) is 33.5 Å². The number of aldehydes is 1. The number of aromatic nitrogens is 2. The van der Waals surface area contributed by atoms with Crippen LogP contribution in [0.15, 0.2) is 72.8 Å². The number of rotatable bonds is 3. The van der Waals surface area contributed by atoms with Gasteiger partial charge in [-0.15, -0.1) is 0 Å². The number of imidazole rings is 1. The summed E-state index contributed by atoms with van der Waals surface area (Å²) in [6.45, 7) is 0. The van der Waals surface area contributed by atoms with Gasteiger partial charge in [-0.3, -0.25) is 4.79 Å². The predicted octanol–water partition coefficient (Wildman–Crippen LogP) is 4.71. The number of nitrogens with zero attached hydrogens (tertiary/aromatic N) is 1. The summed E-state index contributed by atoms with van der Waals surface area (Å²) >= 11 is 0. The monoisotopic (exact) mass is 298 g/mol. The molecule has 0 aliphatic heterocycles. The van der Waals surface area contributed by atoms with Crippen LogP contribution in [0.2, 0.25) is 0 Å². The molecular formula is C20H14N2O. The van der Waals surface area contributed by atoms with Crippen molar-refractivity contribution in [3.63, 3.8) is 0 Å². The Morgan fingerprint density at radius 3 is 2.17 bits per heavy atom. The number of benzene rings is 3. The molecule has 3 heteroatoms. The molecule has 0 spiro atoms. The lowest BCUT2D eigenvalue weighted by Gasteiger charge is -2.02. The minimum Gasteiger partial charge on any atom is -0.338 e. The van der Waals surface area contributed by atoms with Gasteiger partial charge in [-0.05, 0) is 23.3 Å². The first-order valence-corrected chi connectivity index (χ1v) is 7.45. The number of carbonyl (C=O) groups is 1. The number of nitrogens with one attached hydrogen (secondary N) is 1. The highest BCUT2D eigenvalue weighted by Crippen LogP contribution is 2.25. The molecule has 0 saturated carbocycles. The topological polar surface area (TPSA) is 45.8 Å². The highest BCUT2D eigenvalue weighted by Gasteiger charge is 2.08. The van der Waals surface area contributed by atoms with Crippen molar-refractivity contribution in [1.82, 2.24) is 9.97 Å². The third kappa shape index (κ3) is 2.42. The fraction of sp³-hybridized carbons (Fsp3) is 0. The van der Waals surface area contributed by atoms with E-state index in [0.29, 0.717) is 11.1 Å². The molecule has 0 aliphatic carbocycles. The van der Waals surface area contributed by atoms with Gasteiger partial charge in [0.15, 0.2) is 6.29 Å². The first-order chi connectivity index (χ1) is 11.3. The van der Waals surface area contributed by atoms with E-state index in [1.165, 1.54) is 11.1 Å². The molecule has 0 amide bonds. The zero-order valence-electron chi connectivity index (χ0n) is 12.4. The van der Waals surface area contributed by atoms with Crippen molar-refractivity contribution in [2.75, 3.05) is 0 Å². The van der Waals surface area contributed by atoms with Crippen molar-refractivity contribution in [3.05, 3.63) is 78.4 Å². The minimum atomic E-state index is 0.603. The fourth-order valence-electron chi connectivity index (χ4n) is 2.74. The van der Waals surface area contributed by atoms with Crippen LogP contribution in [0, 0.1) is 0 Å². The number of hydrogen-bond acceptors (Lipinski definition) is 2. The van der Waals surface area contributed by atoms with Gasteiger partial charge in [0.25, 0.3) is 0 Å². The molecule has 0 radical (unpaired) electrons. The van der Waals surface area contributed by atoms with E-state index in [-0.39, 0.29) is 0 Å². The van der Waals surface area contributed by atoms with Gasteiger partial charge in [-0.1, -0.05) is 60.7 Å². The summed E-state index contributed by atoms with van der Waals surface area (Å²) in [5, 5.41) is 0. The Hall–Kier alpha value is -3.20. The molecule has 0 unspecified atom stereocenters. The molecular weight excluding hydrogens is 284 g/mol. The molecule has 4 rings (SSSR count). The number of hydrogen-bond donors (Lipinski definition) is 1. The maximum absolute atomic E-state index is 11.1. The lowest BCUT2D eigenvalue weighted by atomic mass is 10.0. The van der Waals surface area contributed by atoms with Gasteiger partial charge < -0.3 is 4.98 Å². The summed E-state index contributed by atoms with van der Waals surface area (Å²) in [5.74, 6) is 0.772. The van der Waals surface area contributed by atoms with Gasteiger partial charge in [-0.25, -0.2) is 4.98 Å². The first kappa shape index (κ1) is 13.5. The Morgan fingerprint density at radius 1 is 0.739 bits per heavy atom. The van der Waals surface area contributed by atoms with Gasteiger partial charge in [0.2, 0.25) is 0 Å². The molecule has 1 aromatic heterocycles.